The van der Waals surface area contributed by atoms with Gasteiger partial charge in [0.05, 0.1) is 11.9 Å². The summed E-state index contributed by atoms with van der Waals surface area (Å²) in [5, 5.41) is 0. The molecule has 0 aliphatic carbocycles. The van der Waals surface area contributed by atoms with E-state index >= 15 is 0 Å². The molecule has 3 rings (SSSR count). The fourth-order valence-corrected chi connectivity index (χ4v) is 2.79. The smallest absolute Gasteiger partial charge is 0.0553 e. The third-order valence-corrected chi connectivity index (χ3v) is 3.27. The van der Waals surface area contributed by atoms with Crippen molar-refractivity contribution in [2.45, 2.75) is 0 Å². The molecular weight excluding hydrogens is 174 g/mol. The van der Waals surface area contributed by atoms with Gasteiger partial charge in [-0.2, -0.15) is 0 Å². The first-order valence-corrected chi connectivity index (χ1v) is 5.11. The van der Waals surface area contributed by atoms with Crippen LogP contribution in [0.25, 0.3) is 0 Å². The van der Waals surface area contributed by atoms with Crippen LogP contribution < -0.4 is 4.90 Å². The summed E-state index contributed by atoms with van der Waals surface area (Å²) in [4.78, 5) is 8.95. The van der Waals surface area contributed by atoms with Crippen LogP contribution >= 0.6 is 0 Å². The Kier molecular flexibility index (Phi) is 1.59. The van der Waals surface area contributed by atoms with Crippen molar-refractivity contribution in [3.05, 3.63) is 24.5 Å². The number of hydrogen-bond acceptors (Lipinski definition) is 3. The summed E-state index contributed by atoms with van der Waals surface area (Å²) in [5.41, 5.74) is 1.89. The van der Waals surface area contributed by atoms with Crippen LogP contribution in [0.5, 0.6) is 0 Å². The Balaban J connectivity index is 1.65. The Morgan fingerprint density at radius 3 is 2.64 bits per heavy atom. The van der Waals surface area contributed by atoms with E-state index < -0.39 is 0 Å². The maximum Gasteiger partial charge on any atom is 0.0553 e. The minimum Gasteiger partial charge on any atom is -0.369 e. The van der Waals surface area contributed by atoms with Crippen LogP contribution in [0.15, 0.2) is 24.5 Å². The molecular formula is C11H15N3. The van der Waals surface area contributed by atoms with Gasteiger partial charge in [0.2, 0.25) is 0 Å². The van der Waals surface area contributed by atoms with Gasteiger partial charge in [-0.1, -0.05) is 0 Å². The summed E-state index contributed by atoms with van der Waals surface area (Å²) in [7, 11) is 2.19. The molecule has 0 unspecified atom stereocenters. The minimum atomic E-state index is 0.616. The first-order valence-electron chi connectivity index (χ1n) is 5.11. The Bertz CT molecular complexity index is 322. The van der Waals surface area contributed by atoms with Crippen molar-refractivity contribution in [3.63, 3.8) is 0 Å². The monoisotopic (exact) mass is 189 g/mol. The van der Waals surface area contributed by atoms with Crippen molar-refractivity contribution in [2.75, 3.05) is 38.1 Å². The molecule has 14 heavy (non-hydrogen) atoms. The summed E-state index contributed by atoms with van der Waals surface area (Å²) in [6, 6.07) is 4.15. The highest BCUT2D eigenvalue weighted by molar-refractivity contribution is 5.48. The topological polar surface area (TPSA) is 19.4 Å². The van der Waals surface area contributed by atoms with E-state index in [1.165, 1.54) is 31.9 Å². The van der Waals surface area contributed by atoms with E-state index in [2.05, 4.69) is 27.9 Å². The molecule has 1 aromatic heterocycles. The first-order chi connectivity index (χ1) is 6.77. The zero-order valence-electron chi connectivity index (χ0n) is 8.48. The van der Waals surface area contributed by atoms with Crippen molar-refractivity contribution in [1.82, 2.24) is 9.88 Å². The molecule has 2 aliphatic rings. The van der Waals surface area contributed by atoms with Crippen LogP contribution in [0.4, 0.5) is 5.69 Å². The molecule has 2 saturated heterocycles. The molecule has 0 aromatic carbocycles. The van der Waals surface area contributed by atoms with Gasteiger partial charge in [-0.25, -0.2) is 0 Å². The van der Waals surface area contributed by atoms with Crippen LogP contribution in [-0.2, 0) is 0 Å². The average Bonchev–Trinajstić information content (AvgIpc) is 2.10. The maximum absolute atomic E-state index is 4.14. The first kappa shape index (κ1) is 8.24. The fourth-order valence-electron chi connectivity index (χ4n) is 2.79. The van der Waals surface area contributed by atoms with E-state index in [-0.39, 0.29) is 0 Å². The summed E-state index contributed by atoms with van der Waals surface area (Å²) >= 11 is 0. The summed E-state index contributed by atoms with van der Waals surface area (Å²) in [6.45, 7) is 4.96. The van der Waals surface area contributed by atoms with Crippen LogP contribution in [-0.4, -0.2) is 43.1 Å². The molecule has 0 bridgehead atoms. The van der Waals surface area contributed by atoms with E-state index in [0.29, 0.717) is 5.41 Å². The van der Waals surface area contributed by atoms with Gasteiger partial charge in [0.1, 0.15) is 0 Å². The molecule has 1 spiro atoms. The minimum absolute atomic E-state index is 0.616. The van der Waals surface area contributed by atoms with E-state index in [4.69, 9.17) is 0 Å². The Morgan fingerprint density at radius 1 is 1.29 bits per heavy atom. The second-order valence-corrected chi connectivity index (χ2v) is 4.74. The van der Waals surface area contributed by atoms with Gasteiger partial charge in [-0.05, 0) is 19.2 Å². The predicted octanol–water partition coefficient (Wildman–Crippen LogP) is 0.833. The van der Waals surface area contributed by atoms with Gasteiger partial charge in [0.25, 0.3) is 0 Å². The third-order valence-electron chi connectivity index (χ3n) is 3.27. The lowest BCUT2D eigenvalue weighted by atomic mass is 9.73. The molecule has 1 aromatic rings. The molecule has 74 valence electrons. The Morgan fingerprint density at radius 2 is 2.07 bits per heavy atom. The summed E-state index contributed by atoms with van der Waals surface area (Å²) in [5.74, 6) is 0. The van der Waals surface area contributed by atoms with Gasteiger partial charge in [0.15, 0.2) is 0 Å². The quantitative estimate of drug-likeness (QED) is 0.652. The highest BCUT2D eigenvalue weighted by Gasteiger charge is 2.50. The number of hydrogen-bond donors (Lipinski definition) is 0. The van der Waals surface area contributed by atoms with Crippen LogP contribution in [0.1, 0.15) is 0 Å². The second kappa shape index (κ2) is 2.70. The molecule has 3 heteroatoms. The molecule has 0 N–H and O–H groups in total. The number of aromatic nitrogens is 1. The highest BCUT2D eigenvalue weighted by Crippen LogP contribution is 2.40. The number of rotatable bonds is 1. The van der Waals surface area contributed by atoms with E-state index in [9.17, 15) is 0 Å². The Labute approximate surface area is 84.3 Å². The van der Waals surface area contributed by atoms with Crippen molar-refractivity contribution in [3.8, 4) is 0 Å². The highest BCUT2D eigenvalue weighted by atomic mass is 15.3. The van der Waals surface area contributed by atoms with Crippen LogP contribution in [0.2, 0.25) is 0 Å². The van der Waals surface area contributed by atoms with Crippen molar-refractivity contribution >= 4 is 5.69 Å². The number of anilines is 1. The van der Waals surface area contributed by atoms with Crippen LogP contribution in [0, 0.1) is 5.41 Å². The zero-order chi connectivity index (χ0) is 9.60. The molecule has 0 atom stereocenters. The molecule has 3 nitrogen and oxygen atoms in total. The molecule has 0 saturated carbocycles. The number of likely N-dealkylation sites (tertiary alicyclic amines) is 1. The zero-order valence-corrected chi connectivity index (χ0v) is 8.48. The van der Waals surface area contributed by atoms with Crippen molar-refractivity contribution < 1.29 is 0 Å². The number of pyridine rings is 1. The van der Waals surface area contributed by atoms with Crippen LogP contribution in [0.3, 0.4) is 0 Å². The standard InChI is InChI=1S/C11H15N3/c1-13-6-11(7-13)8-14(9-11)10-3-2-4-12-5-10/h2-5H,6-9H2,1H3. The van der Waals surface area contributed by atoms with Crippen molar-refractivity contribution in [1.29, 1.82) is 0 Å². The van der Waals surface area contributed by atoms with Gasteiger partial charge in [-0.15, -0.1) is 0 Å². The van der Waals surface area contributed by atoms with Gasteiger partial charge >= 0.3 is 0 Å². The molecule has 2 fully saturated rings. The fraction of sp³-hybridized carbons (Fsp3) is 0.545. The predicted molar refractivity (Wildman–Crippen MR) is 56.4 cm³/mol. The van der Waals surface area contributed by atoms with Gasteiger partial charge in [0, 0.05) is 37.8 Å². The largest absolute Gasteiger partial charge is 0.369 e. The summed E-state index contributed by atoms with van der Waals surface area (Å²) < 4.78 is 0. The Hall–Kier alpha value is -1.09. The SMILES string of the molecule is CN1CC2(C1)CN(c1cccnc1)C2. The lowest BCUT2D eigenvalue weighted by Gasteiger charge is -2.60. The lowest BCUT2D eigenvalue weighted by molar-refractivity contribution is -0.00241. The maximum atomic E-state index is 4.14. The van der Waals surface area contributed by atoms with E-state index in [0.717, 1.165) is 0 Å². The van der Waals surface area contributed by atoms with Gasteiger partial charge in [-0.3, -0.25) is 4.98 Å². The van der Waals surface area contributed by atoms with Crippen molar-refractivity contribution in [2.24, 2.45) is 5.41 Å². The summed E-state index contributed by atoms with van der Waals surface area (Å²) in [6.07, 6.45) is 3.78. The molecule has 2 aliphatic heterocycles. The lowest BCUT2D eigenvalue weighted by Crippen LogP contribution is -2.71. The molecule has 0 radical (unpaired) electrons. The van der Waals surface area contributed by atoms with E-state index in [1.807, 2.05) is 18.5 Å². The third kappa shape index (κ3) is 1.12. The molecule has 3 heterocycles. The average molecular weight is 189 g/mol. The van der Waals surface area contributed by atoms with E-state index in [1.54, 1.807) is 0 Å². The number of nitrogens with zero attached hydrogens (tertiary/aromatic N) is 3. The van der Waals surface area contributed by atoms with Gasteiger partial charge < -0.3 is 9.80 Å². The molecule has 0 amide bonds. The second-order valence-electron chi connectivity index (χ2n) is 4.74. The normalized spacial score (nSPS) is 24.5.